The maximum absolute atomic E-state index is 13.5. The fourth-order valence-electron chi connectivity index (χ4n) is 1.92. The van der Waals surface area contributed by atoms with Gasteiger partial charge in [-0.1, -0.05) is 34.1 Å². The molecule has 0 fully saturated rings. The summed E-state index contributed by atoms with van der Waals surface area (Å²) < 4.78 is 27.2. The summed E-state index contributed by atoms with van der Waals surface area (Å²) in [6, 6.07) is 10.8. The standard InChI is InChI=1S/C16H14BrF2NOS/c1-10(12-4-2-3-5-13(12)17)20-16(21)9-22-15-7-6-11(18)8-14(15)19/h2-8,10H,9H2,1H3,(H,20,21)/t10-/m1/s1. The van der Waals surface area contributed by atoms with Gasteiger partial charge in [-0.3, -0.25) is 4.79 Å². The lowest BCUT2D eigenvalue weighted by molar-refractivity contribution is -0.119. The molecule has 22 heavy (non-hydrogen) atoms. The molecule has 6 heteroatoms. The first-order valence-electron chi connectivity index (χ1n) is 6.59. The van der Waals surface area contributed by atoms with Crippen molar-refractivity contribution in [3.8, 4) is 0 Å². The summed E-state index contributed by atoms with van der Waals surface area (Å²) in [6.07, 6.45) is 0. The average Bonchev–Trinajstić information content (AvgIpc) is 2.46. The average molecular weight is 386 g/mol. The van der Waals surface area contributed by atoms with Gasteiger partial charge in [-0.15, -0.1) is 11.8 Å². The van der Waals surface area contributed by atoms with Crippen LogP contribution in [0.4, 0.5) is 8.78 Å². The van der Waals surface area contributed by atoms with E-state index in [1.807, 2.05) is 31.2 Å². The van der Waals surface area contributed by atoms with Gasteiger partial charge in [0.2, 0.25) is 5.91 Å². The van der Waals surface area contributed by atoms with E-state index in [2.05, 4.69) is 21.2 Å². The summed E-state index contributed by atoms with van der Waals surface area (Å²) in [6.45, 7) is 1.88. The Morgan fingerprint density at radius 3 is 2.68 bits per heavy atom. The third-order valence-electron chi connectivity index (χ3n) is 3.00. The molecule has 2 aromatic carbocycles. The Bertz CT molecular complexity index is 681. The number of thioether (sulfide) groups is 1. The second kappa shape index (κ2) is 7.74. The van der Waals surface area contributed by atoms with Crippen LogP contribution in [0.2, 0.25) is 0 Å². The Labute approximate surface area is 140 Å². The number of hydrogen-bond acceptors (Lipinski definition) is 2. The molecule has 0 radical (unpaired) electrons. The molecule has 0 spiro atoms. The van der Waals surface area contributed by atoms with Crippen LogP contribution < -0.4 is 5.32 Å². The highest BCUT2D eigenvalue weighted by Gasteiger charge is 2.13. The van der Waals surface area contributed by atoms with Gasteiger partial charge in [0.1, 0.15) is 11.6 Å². The predicted molar refractivity (Wildman–Crippen MR) is 87.8 cm³/mol. The molecule has 0 aromatic heterocycles. The van der Waals surface area contributed by atoms with Crippen molar-refractivity contribution < 1.29 is 13.6 Å². The fraction of sp³-hybridized carbons (Fsp3) is 0.188. The Hall–Kier alpha value is -1.40. The van der Waals surface area contributed by atoms with Crippen LogP contribution >= 0.6 is 27.7 Å². The maximum atomic E-state index is 13.5. The Morgan fingerprint density at radius 2 is 2.00 bits per heavy atom. The second-order valence-electron chi connectivity index (χ2n) is 4.67. The predicted octanol–water partition coefficient (Wildman–Crippen LogP) is 4.70. The van der Waals surface area contributed by atoms with Gasteiger partial charge >= 0.3 is 0 Å². The monoisotopic (exact) mass is 385 g/mol. The zero-order valence-electron chi connectivity index (χ0n) is 11.8. The molecule has 0 heterocycles. The number of amides is 1. The molecular formula is C16H14BrF2NOS. The lowest BCUT2D eigenvalue weighted by atomic mass is 10.1. The van der Waals surface area contributed by atoms with Gasteiger partial charge in [-0.2, -0.15) is 0 Å². The number of hydrogen-bond donors (Lipinski definition) is 1. The zero-order chi connectivity index (χ0) is 16.1. The van der Waals surface area contributed by atoms with Gasteiger partial charge in [-0.25, -0.2) is 8.78 Å². The Morgan fingerprint density at radius 1 is 1.27 bits per heavy atom. The van der Waals surface area contributed by atoms with Crippen LogP contribution in [-0.2, 0) is 4.79 Å². The first-order chi connectivity index (χ1) is 10.5. The van der Waals surface area contributed by atoms with Gasteiger partial charge in [-0.05, 0) is 30.7 Å². The SMILES string of the molecule is C[C@@H](NC(=O)CSc1ccc(F)cc1F)c1ccccc1Br. The van der Waals surface area contributed by atoms with Crippen LogP contribution in [0.15, 0.2) is 51.8 Å². The molecule has 0 aliphatic rings. The molecule has 0 bridgehead atoms. The van der Waals surface area contributed by atoms with E-state index in [1.54, 1.807) is 0 Å². The largest absolute Gasteiger partial charge is 0.349 e. The summed E-state index contributed by atoms with van der Waals surface area (Å²) in [5, 5.41) is 2.85. The van der Waals surface area contributed by atoms with Gasteiger partial charge in [0.05, 0.1) is 11.8 Å². The minimum absolute atomic E-state index is 0.0668. The van der Waals surface area contributed by atoms with Crippen molar-refractivity contribution in [3.05, 3.63) is 64.1 Å². The van der Waals surface area contributed by atoms with E-state index >= 15 is 0 Å². The summed E-state index contributed by atoms with van der Waals surface area (Å²) in [5.41, 5.74) is 0.966. The molecule has 0 saturated heterocycles. The Balaban J connectivity index is 1.92. The van der Waals surface area contributed by atoms with Crippen LogP contribution in [0, 0.1) is 11.6 Å². The van der Waals surface area contributed by atoms with Crippen LogP contribution in [-0.4, -0.2) is 11.7 Å². The highest BCUT2D eigenvalue weighted by atomic mass is 79.9. The number of nitrogens with one attached hydrogen (secondary N) is 1. The highest BCUT2D eigenvalue weighted by molar-refractivity contribution is 9.10. The third-order valence-corrected chi connectivity index (χ3v) is 4.77. The second-order valence-corrected chi connectivity index (χ2v) is 6.55. The smallest absolute Gasteiger partial charge is 0.230 e. The number of rotatable bonds is 5. The molecule has 2 nitrogen and oxygen atoms in total. The van der Waals surface area contributed by atoms with Gasteiger partial charge in [0.15, 0.2) is 0 Å². The minimum Gasteiger partial charge on any atom is -0.349 e. The molecule has 0 saturated carbocycles. The number of carbonyl (C=O) groups excluding carboxylic acids is 1. The molecule has 1 amide bonds. The maximum Gasteiger partial charge on any atom is 0.230 e. The lowest BCUT2D eigenvalue weighted by Gasteiger charge is -2.15. The summed E-state index contributed by atoms with van der Waals surface area (Å²) in [4.78, 5) is 12.2. The van der Waals surface area contributed by atoms with E-state index in [4.69, 9.17) is 0 Å². The summed E-state index contributed by atoms with van der Waals surface area (Å²) in [5.74, 6) is -1.43. The third kappa shape index (κ3) is 4.55. The van der Waals surface area contributed by atoms with Gasteiger partial charge < -0.3 is 5.32 Å². The highest BCUT2D eigenvalue weighted by Crippen LogP contribution is 2.24. The van der Waals surface area contributed by atoms with Crippen molar-refractivity contribution in [3.63, 3.8) is 0 Å². The number of halogens is 3. The van der Waals surface area contributed by atoms with Crippen molar-refractivity contribution in [2.75, 3.05) is 5.75 Å². The van der Waals surface area contributed by atoms with E-state index < -0.39 is 11.6 Å². The fourth-order valence-corrected chi connectivity index (χ4v) is 3.28. The zero-order valence-corrected chi connectivity index (χ0v) is 14.2. The van der Waals surface area contributed by atoms with Gasteiger partial charge in [0.25, 0.3) is 0 Å². The molecule has 116 valence electrons. The number of benzene rings is 2. The topological polar surface area (TPSA) is 29.1 Å². The van der Waals surface area contributed by atoms with Crippen LogP contribution in [0.3, 0.4) is 0 Å². The first-order valence-corrected chi connectivity index (χ1v) is 8.37. The summed E-state index contributed by atoms with van der Waals surface area (Å²) >= 11 is 4.48. The van der Waals surface area contributed by atoms with Crippen molar-refractivity contribution in [2.24, 2.45) is 0 Å². The van der Waals surface area contributed by atoms with E-state index in [0.717, 1.165) is 27.9 Å². The van der Waals surface area contributed by atoms with E-state index in [-0.39, 0.29) is 22.6 Å². The quantitative estimate of drug-likeness (QED) is 0.755. The first kappa shape index (κ1) is 17.0. The van der Waals surface area contributed by atoms with E-state index in [9.17, 15) is 13.6 Å². The molecule has 0 unspecified atom stereocenters. The molecule has 1 N–H and O–H groups in total. The van der Waals surface area contributed by atoms with Crippen molar-refractivity contribution >= 4 is 33.6 Å². The molecule has 0 aliphatic carbocycles. The minimum atomic E-state index is -0.656. The summed E-state index contributed by atoms with van der Waals surface area (Å²) in [7, 11) is 0. The van der Waals surface area contributed by atoms with Crippen LogP contribution in [0.5, 0.6) is 0 Å². The van der Waals surface area contributed by atoms with E-state index in [1.165, 1.54) is 12.1 Å². The van der Waals surface area contributed by atoms with Crippen LogP contribution in [0.1, 0.15) is 18.5 Å². The van der Waals surface area contributed by atoms with Crippen molar-refractivity contribution in [2.45, 2.75) is 17.9 Å². The van der Waals surface area contributed by atoms with Crippen molar-refractivity contribution in [1.29, 1.82) is 0 Å². The normalized spacial score (nSPS) is 12.0. The van der Waals surface area contributed by atoms with Gasteiger partial charge in [0, 0.05) is 15.4 Å². The van der Waals surface area contributed by atoms with Crippen molar-refractivity contribution in [1.82, 2.24) is 5.32 Å². The molecule has 0 aliphatic heterocycles. The lowest BCUT2D eigenvalue weighted by Crippen LogP contribution is -2.28. The Kier molecular flexibility index (Phi) is 5.97. The molecule has 2 rings (SSSR count). The molecule has 1 atom stereocenters. The molecular weight excluding hydrogens is 372 g/mol. The number of carbonyl (C=O) groups is 1. The van der Waals surface area contributed by atoms with Crippen LogP contribution in [0.25, 0.3) is 0 Å². The molecule has 2 aromatic rings. The van der Waals surface area contributed by atoms with E-state index in [0.29, 0.717) is 0 Å².